The van der Waals surface area contributed by atoms with Gasteiger partial charge in [0.1, 0.15) is 5.75 Å². The number of rotatable bonds is 5. The number of aliphatic hydroxyl groups excluding tert-OH is 1. The van der Waals surface area contributed by atoms with E-state index < -0.39 is 18.2 Å². The first kappa shape index (κ1) is 18.6. The van der Waals surface area contributed by atoms with E-state index in [-0.39, 0.29) is 38.4 Å². The standard InChI is InChI=1S/C17H22F3NO3/c1-2-12-3-5-14(6-4-12)24-11-15(22)21-9-7-13(8-10-21)16(23)17(18,19)20/h3-6,13,16,23H,2,7-11H2,1H3. The van der Waals surface area contributed by atoms with E-state index in [0.717, 1.165) is 6.42 Å². The molecule has 24 heavy (non-hydrogen) atoms. The molecule has 1 heterocycles. The lowest BCUT2D eigenvalue weighted by atomic mass is 9.91. The Morgan fingerprint density at radius 3 is 2.38 bits per heavy atom. The van der Waals surface area contributed by atoms with Crippen LogP contribution < -0.4 is 4.74 Å². The van der Waals surface area contributed by atoms with Crippen LogP contribution in [-0.4, -0.2) is 47.9 Å². The van der Waals surface area contributed by atoms with Gasteiger partial charge in [-0.15, -0.1) is 0 Å². The van der Waals surface area contributed by atoms with Crippen molar-refractivity contribution >= 4 is 5.91 Å². The molecule has 0 spiro atoms. The predicted octanol–water partition coefficient (Wildman–Crippen LogP) is 2.79. The molecule has 1 saturated heterocycles. The molecule has 1 atom stereocenters. The Balaban J connectivity index is 1.78. The van der Waals surface area contributed by atoms with Gasteiger partial charge in [0.05, 0.1) is 0 Å². The molecule has 1 aliphatic heterocycles. The largest absolute Gasteiger partial charge is 0.484 e. The summed E-state index contributed by atoms with van der Waals surface area (Å²) < 4.78 is 42.9. The summed E-state index contributed by atoms with van der Waals surface area (Å²) in [6.07, 6.45) is -5.74. The molecule has 1 amide bonds. The number of piperidine rings is 1. The molecule has 2 rings (SSSR count). The highest BCUT2D eigenvalue weighted by molar-refractivity contribution is 5.77. The van der Waals surface area contributed by atoms with Crippen molar-refractivity contribution < 1.29 is 27.8 Å². The average Bonchev–Trinajstić information content (AvgIpc) is 2.58. The quantitative estimate of drug-likeness (QED) is 0.893. The predicted molar refractivity (Wildman–Crippen MR) is 82.7 cm³/mol. The average molecular weight is 345 g/mol. The summed E-state index contributed by atoms with van der Waals surface area (Å²) in [5, 5.41) is 9.28. The van der Waals surface area contributed by atoms with Crippen molar-refractivity contribution in [2.45, 2.75) is 38.5 Å². The van der Waals surface area contributed by atoms with Crippen LogP contribution in [0.3, 0.4) is 0 Å². The van der Waals surface area contributed by atoms with Crippen molar-refractivity contribution in [3.05, 3.63) is 29.8 Å². The van der Waals surface area contributed by atoms with E-state index in [1.807, 2.05) is 19.1 Å². The second kappa shape index (κ2) is 7.88. The van der Waals surface area contributed by atoms with Crippen molar-refractivity contribution in [1.82, 2.24) is 4.90 Å². The first-order valence-corrected chi connectivity index (χ1v) is 8.05. The van der Waals surface area contributed by atoms with E-state index in [2.05, 4.69) is 0 Å². The van der Waals surface area contributed by atoms with E-state index in [4.69, 9.17) is 4.74 Å². The summed E-state index contributed by atoms with van der Waals surface area (Å²) in [5.74, 6) is -0.519. The maximum atomic E-state index is 12.5. The van der Waals surface area contributed by atoms with Gasteiger partial charge in [-0.1, -0.05) is 19.1 Å². The number of alkyl halides is 3. The lowest BCUT2D eigenvalue weighted by molar-refractivity contribution is -0.223. The van der Waals surface area contributed by atoms with Crippen LogP contribution in [0.4, 0.5) is 13.2 Å². The zero-order valence-electron chi connectivity index (χ0n) is 13.6. The third-order valence-electron chi connectivity index (χ3n) is 4.37. The van der Waals surface area contributed by atoms with E-state index in [1.54, 1.807) is 12.1 Å². The molecule has 0 bridgehead atoms. The minimum Gasteiger partial charge on any atom is -0.484 e. The number of carbonyl (C=O) groups is 1. The Labute approximate surface area is 139 Å². The van der Waals surface area contributed by atoms with Gasteiger partial charge in [0.15, 0.2) is 12.7 Å². The Morgan fingerprint density at radius 2 is 1.88 bits per heavy atom. The fraction of sp³-hybridized carbons (Fsp3) is 0.588. The van der Waals surface area contributed by atoms with Crippen LogP contribution in [-0.2, 0) is 11.2 Å². The van der Waals surface area contributed by atoms with Gasteiger partial charge >= 0.3 is 6.18 Å². The summed E-state index contributed by atoms with van der Waals surface area (Å²) in [5.41, 5.74) is 1.17. The lowest BCUT2D eigenvalue weighted by Gasteiger charge is -2.34. The van der Waals surface area contributed by atoms with Gasteiger partial charge in [-0.25, -0.2) is 0 Å². The Morgan fingerprint density at radius 1 is 1.29 bits per heavy atom. The number of aliphatic hydroxyl groups is 1. The highest BCUT2D eigenvalue weighted by Gasteiger charge is 2.44. The number of ether oxygens (including phenoxy) is 1. The third-order valence-corrected chi connectivity index (χ3v) is 4.37. The number of carbonyl (C=O) groups excluding carboxylic acids is 1. The fourth-order valence-electron chi connectivity index (χ4n) is 2.79. The molecule has 7 heteroatoms. The van der Waals surface area contributed by atoms with Crippen molar-refractivity contribution in [3.63, 3.8) is 0 Å². The van der Waals surface area contributed by atoms with Crippen LogP contribution in [0.15, 0.2) is 24.3 Å². The first-order valence-electron chi connectivity index (χ1n) is 8.05. The van der Waals surface area contributed by atoms with Crippen LogP contribution in [0.5, 0.6) is 5.75 Å². The Kier molecular flexibility index (Phi) is 6.10. The van der Waals surface area contributed by atoms with Gasteiger partial charge in [0, 0.05) is 13.1 Å². The minimum atomic E-state index is -4.61. The molecule has 0 saturated carbocycles. The maximum absolute atomic E-state index is 12.5. The molecular weight excluding hydrogens is 323 g/mol. The summed E-state index contributed by atoms with van der Waals surface area (Å²) in [6, 6.07) is 7.42. The molecule has 1 unspecified atom stereocenters. The van der Waals surface area contributed by atoms with Crippen LogP contribution >= 0.6 is 0 Å². The number of likely N-dealkylation sites (tertiary alicyclic amines) is 1. The number of amides is 1. The number of halogens is 3. The van der Waals surface area contributed by atoms with Gasteiger partial charge in [0.2, 0.25) is 0 Å². The maximum Gasteiger partial charge on any atom is 0.414 e. The van der Waals surface area contributed by atoms with Gasteiger partial charge < -0.3 is 14.7 Å². The Bertz CT molecular complexity index is 537. The smallest absolute Gasteiger partial charge is 0.414 e. The zero-order valence-corrected chi connectivity index (χ0v) is 13.6. The van der Waals surface area contributed by atoms with E-state index >= 15 is 0 Å². The molecule has 1 N–H and O–H groups in total. The van der Waals surface area contributed by atoms with E-state index in [9.17, 15) is 23.1 Å². The summed E-state index contributed by atoms with van der Waals surface area (Å²) in [7, 11) is 0. The monoisotopic (exact) mass is 345 g/mol. The topological polar surface area (TPSA) is 49.8 Å². The summed E-state index contributed by atoms with van der Waals surface area (Å²) in [6.45, 7) is 2.31. The first-order chi connectivity index (χ1) is 11.3. The molecule has 1 aromatic rings. The number of hydrogen-bond donors (Lipinski definition) is 1. The molecule has 1 fully saturated rings. The van der Waals surface area contributed by atoms with Crippen LogP contribution in [0, 0.1) is 5.92 Å². The number of nitrogens with zero attached hydrogens (tertiary/aromatic N) is 1. The molecule has 0 aliphatic carbocycles. The SMILES string of the molecule is CCc1ccc(OCC(=O)N2CCC(C(O)C(F)(F)F)CC2)cc1. The van der Waals surface area contributed by atoms with Crippen molar-refractivity contribution in [2.24, 2.45) is 5.92 Å². The molecular formula is C17H22F3NO3. The normalized spacial score (nSPS) is 17.6. The van der Waals surface area contributed by atoms with Crippen molar-refractivity contribution in [3.8, 4) is 5.75 Å². The molecule has 1 aliphatic rings. The number of hydrogen-bond acceptors (Lipinski definition) is 3. The fourth-order valence-corrected chi connectivity index (χ4v) is 2.79. The van der Waals surface area contributed by atoms with Gasteiger partial charge in [-0.05, 0) is 42.9 Å². The van der Waals surface area contributed by atoms with Gasteiger partial charge in [-0.2, -0.15) is 13.2 Å². The summed E-state index contributed by atoms with van der Waals surface area (Å²) >= 11 is 0. The minimum absolute atomic E-state index is 0.137. The van der Waals surface area contributed by atoms with Crippen molar-refractivity contribution in [2.75, 3.05) is 19.7 Å². The Hall–Kier alpha value is -1.76. The molecule has 1 aromatic carbocycles. The molecule has 134 valence electrons. The van der Waals surface area contributed by atoms with Crippen LogP contribution in [0.1, 0.15) is 25.3 Å². The van der Waals surface area contributed by atoms with Crippen LogP contribution in [0.25, 0.3) is 0 Å². The number of benzene rings is 1. The molecule has 0 radical (unpaired) electrons. The lowest BCUT2D eigenvalue weighted by Crippen LogP contribution is -2.46. The van der Waals surface area contributed by atoms with Gasteiger partial charge in [-0.3, -0.25) is 4.79 Å². The van der Waals surface area contributed by atoms with Crippen LogP contribution in [0.2, 0.25) is 0 Å². The highest BCUT2D eigenvalue weighted by atomic mass is 19.4. The molecule has 4 nitrogen and oxygen atoms in total. The van der Waals surface area contributed by atoms with E-state index in [1.165, 1.54) is 10.5 Å². The second-order valence-electron chi connectivity index (χ2n) is 5.99. The van der Waals surface area contributed by atoms with Gasteiger partial charge in [0.25, 0.3) is 5.91 Å². The molecule has 0 aromatic heterocycles. The second-order valence-corrected chi connectivity index (χ2v) is 5.99. The number of aryl methyl sites for hydroxylation is 1. The zero-order chi connectivity index (χ0) is 17.7. The van der Waals surface area contributed by atoms with E-state index in [0.29, 0.717) is 5.75 Å². The summed E-state index contributed by atoms with van der Waals surface area (Å²) in [4.78, 5) is 13.6. The van der Waals surface area contributed by atoms with Crippen molar-refractivity contribution in [1.29, 1.82) is 0 Å². The third kappa shape index (κ3) is 4.87. The highest BCUT2D eigenvalue weighted by Crippen LogP contribution is 2.31.